The molecule has 1 aromatic heterocycles. The first-order valence-corrected chi connectivity index (χ1v) is 4.77. The number of alkyl halides is 3. The van der Waals surface area contributed by atoms with E-state index in [-0.39, 0.29) is 5.58 Å². The van der Waals surface area contributed by atoms with Crippen LogP contribution in [0.1, 0.15) is 5.89 Å². The summed E-state index contributed by atoms with van der Waals surface area (Å²) in [5.74, 6) is -0.672. The molecule has 0 saturated carbocycles. The van der Waals surface area contributed by atoms with E-state index >= 15 is 0 Å². The van der Waals surface area contributed by atoms with E-state index in [1.54, 1.807) is 6.07 Å². The first-order valence-electron chi connectivity index (χ1n) is 3.60. The van der Waals surface area contributed by atoms with Gasteiger partial charge in [-0.05, 0) is 18.2 Å². The standard InChI is InChI=1S/C8H3BrClF2NO/c9-8(11,12)7-13-5-3-4(10)1-2-6(5)14-7/h1-3H. The molecule has 2 nitrogen and oxygen atoms in total. The molecule has 0 aliphatic heterocycles. The van der Waals surface area contributed by atoms with Crippen LogP contribution in [0, 0.1) is 0 Å². The van der Waals surface area contributed by atoms with Crippen LogP contribution < -0.4 is 0 Å². The molecule has 0 saturated heterocycles. The quantitative estimate of drug-likeness (QED) is 0.741. The second-order valence-corrected chi connectivity index (χ2v) is 4.06. The van der Waals surface area contributed by atoms with E-state index in [9.17, 15) is 8.78 Å². The van der Waals surface area contributed by atoms with Crippen molar-refractivity contribution in [2.24, 2.45) is 0 Å². The molecule has 2 rings (SSSR count). The summed E-state index contributed by atoms with van der Waals surface area (Å²) in [5, 5.41) is 0.426. The zero-order valence-electron chi connectivity index (χ0n) is 6.60. The molecule has 0 spiro atoms. The number of nitrogens with zero attached hydrogens (tertiary/aromatic N) is 1. The summed E-state index contributed by atoms with van der Waals surface area (Å²) in [7, 11) is 0. The van der Waals surface area contributed by atoms with Crippen molar-refractivity contribution in [1.82, 2.24) is 4.98 Å². The fourth-order valence-electron chi connectivity index (χ4n) is 1.02. The van der Waals surface area contributed by atoms with Crippen molar-refractivity contribution in [1.29, 1.82) is 0 Å². The van der Waals surface area contributed by atoms with Crippen LogP contribution >= 0.6 is 27.5 Å². The van der Waals surface area contributed by atoms with E-state index < -0.39 is 10.7 Å². The zero-order valence-corrected chi connectivity index (χ0v) is 8.94. The lowest BCUT2D eigenvalue weighted by Gasteiger charge is -1.99. The van der Waals surface area contributed by atoms with E-state index in [4.69, 9.17) is 16.0 Å². The van der Waals surface area contributed by atoms with E-state index in [0.29, 0.717) is 10.5 Å². The average Bonchev–Trinajstić information content (AvgIpc) is 2.45. The van der Waals surface area contributed by atoms with Crippen LogP contribution in [0.25, 0.3) is 11.1 Å². The second-order valence-electron chi connectivity index (χ2n) is 2.63. The van der Waals surface area contributed by atoms with E-state index in [1.165, 1.54) is 12.1 Å². The number of aromatic nitrogens is 1. The van der Waals surface area contributed by atoms with Crippen LogP contribution in [0.3, 0.4) is 0 Å². The van der Waals surface area contributed by atoms with Gasteiger partial charge in [-0.15, -0.1) is 0 Å². The third-order valence-corrected chi connectivity index (χ3v) is 2.17. The molecular weight excluding hydrogens is 279 g/mol. The highest BCUT2D eigenvalue weighted by Crippen LogP contribution is 2.35. The van der Waals surface area contributed by atoms with Gasteiger partial charge in [-0.1, -0.05) is 11.6 Å². The Morgan fingerprint density at radius 3 is 2.79 bits per heavy atom. The molecule has 0 aliphatic carbocycles. The Kier molecular flexibility index (Phi) is 2.23. The molecule has 1 aromatic carbocycles. The molecule has 0 bridgehead atoms. The van der Waals surface area contributed by atoms with Gasteiger partial charge in [0.15, 0.2) is 5.58 Å². The Morgan fingerprint density at radius 2 is 2.14 bits per heavy atom. The number of hydrogen-bond donors (Lipinski definition) is 0. The second kappa shape index (κ2) is 3.17. The maximum atomic E-state index is 12.7. The van der Waals surface area contributed by atoms with Gasteiger partial charge in [-0.2, -0.15) is 8.78 Å². The lowest BCUT2D eigenvalue weighted by Crippen LogP contribution is -2.01. The summed E-state index contributed by atoms with van der Waals surface area (Å²) in [6, 6.07) is 4.50. The van der Waals surface area contributed by atoms with Crippen molar-refractivity contribution < 1.29 is 13.2 Å². The fourth-order valence-corrected chi connectivity index (χ4v) is 1.36. The number of oxazole rings is 1. The molecule has 6 heteroatoms. The van der Waals surface area contributed by atoms with Crippen molar-refractivity contribution >= 4 is 38.6 Å². The van der Waals surface area contributed by atoms with Gasteiger partial charge in [0.25, 0.3) is 5.89 Å². The first-order chi connectivity index (χ1) is 6.47. The molecule has 0 unspecified atom stereocenters. The third-order valence-electron chi connectivity index (χ3n) is 1.59. The Hall–Kier alpha value is -0.680. The van der Waals surface area contributed by atoms with Crippen molar-refractivity contribution in [2.75, 3.05) is 0 Å². The summed E-state index contributed by atoms with van der Waals surface area (Å²) in [6.07, 6.45) is 0. The number of rotatable bonds is 1. The van der Waals surface area contributed by atoms with Gasteiger partial charge < -0.3 is 4.42 Å². The summed E-state index contributed by atoms with van der Waals surface area (Å²) in [5.41, 5.74) is 0.593. The summed E-state index contributed by atoms with van der Waals surface area (Å²) in [4.78, 5) is 0.345. The van der Waals surface area contributed by atoms with Crippen LogP contribution in [0.2, 0.25) is 5.02 Å². The molecule has 74 valence electrons. The predicted molar refractivity (Wildman–Crippen MR) is 51.8 cm³/mol. The first kappa shape index (κ1) is 9.86. The highest BCUT2D eigenvalue weighted by atomic mass is 79.9. The van der Waals surface area contributed by atoms with Crippen LogP contribution in [-0.2, 0) is 4.83 Å². The van der Waals surface area contributed by atoms with Gasteiger partial charge in [-0.3, -0.25) is 0 Å². The Labute approximate surface area is 91.0 Å². The van der Waals surface area contributed by atoms with E-state index in [1.807, 2.05) is 0 Å². The van der Waals surface area contributed by atoms with Gasteiger partial charge >= 0.3 is 4.83 Å². The van der Waals surface area contributed by atoms with E-state index in [2.05, 4.69) is 20.9 Å². The van der Waals surface area contributed by atoms with Gasteiger partial charge in [-0.25, -0.2) is 4.98 Å². The summed E-state index contributed by atoms with van der Waals surface area (Å²) < 4.78 is 30.3. The highest BCUT2D eigenvalue weighted by Gasteiger charge is 2.33. The van der Waals surface area contributed by atoms with Crippen LogP contribution in [0.5, 0.6) is 0 Å². The number of fused-ring (bicyclic) bond motifs is 1. The molecule has 0 aliphatic rings. The maximum Gasteiger partial charge on any atom is 0.375 e. The van der Waals surface area contributed by atoms with Crippen molar-refractivity contribution in [3.63, 3.8) is 0 Å². The lowest BCUT2D eigenvalue weighted by molar-refractivity contribution is 0.0824. The minimum Gasteiger partial charge on any atom is -0.434 e. The van der Waals surface area contributed by atoms with Crippen LogP contribution in [0.15, 0.2) is 22.6 Å². The summed E-state index contributed by atoms with van der Waals surface area (Å²) in [6.45, 7) is 0. The predicted octanol–water partition coefficient (Wildman–Crippen LogP) is 3.93. The Morgan fingerprint density at radius 1 is 1.43 bits per heavy atom. The van der Waals surface area contributed by atoms with Crippen molar-refractivity contribution in [3.05, 3.63) is 29.1 Å². The Bertz CT molecular complexity index is 480. The largest absolute Gasteiger partial charge is 0.434 e. The lowest BCUT2D eigenvalue weighted by atomic mass is 10.3. The van der Waals surface area contributed by atoms with E-state index in [0.717, 1.165) is 0 Å². The van der Waals surface area contributed by atoms with Crippen molar-refractivity contribution in [2.45, 2.75) is 4.83 Å². The van der Waals surface area contributed by atoms with Crippen molar-refractivity contribution in [3.8, 4) is 0 Å². The normalized spacial score (nSPS) is 12.3. The molecule has 0 amide bonds. The Balaban J connectivity index is 2.63. The average molecular weight is 282 g/mol. The molecule has 2 aromatic rings. The topological polar surface area (TPSA) is 26.0 Å². The monoisotopic (exact) mass is 281 g/mol. The molecule has 1 heterocycles. The molecule has 0 fully saturated rings. The maximum absolute atomic E-state index is 12.7. The molecule has 0 radical (unpaired) electrons. The van der Waals surface area contributed by atoms with Gasteiger partial charge in [0, 0.05) is 21.0 Å². The smallest absolute Gasteiger partial charge is 0.375 e. The molecule has 0 atom stereocenters. The van der Waals surface area contributed by atoms with Crippen LogP contribution in [-0.4, -0.2) is 4.98 Å². The number of halogens is 4. The van der Waals surface area contributed by atoms with Gasteiger partial charge in [0.2, 0.25) is 0 Å². The minimum absolute atomic E-state index is 0.281. The SMILES string of the molecule is FC(F)(Br)c1nc2cc(Cl)ccc2o1. The van der Waals surface area contributed by atoms with Crippen LogP contribution in [0.4, 0.5) is 8.78 Å². The van der Waals surface area contributed by atoms with Gasteiger partial charge in [0.1, 0.15) is 5.52 Å². The minimum atomic E-state index is -3.25. The summed E-state index contributed by atoms with van der Waals surface area (Å²) >= 11 is 7.82. The fraction of sp³-hybridized carbons (Fsp3) is 0.125. The number of hydrogen-bond acceptors (Lipinski definition) is 2. The molecule has 14 heavy (non-hydrogen) atoms. The molecule has 0 N–H and O–H groups in total. The number of benzene rings is 1. The highest BCUT2D eigenvalue weighted by molar-refractivity contribution is 9.09. The van der Waals surface area contributed by atoms with Gasteiger partial charge in [0.05, 0.1) is 0 Å². The third kappa shape index (κ3) is 1.74. The molecular formula is C8H3BrClF2NO. The zero-order chi connectivity index (χ0) is 10.3.